The standard InChI is InChI=1S/C50H28N4O3/c1-3-12-29(13-4-1)47-52-48(34-18-11-17-31(26-34)32-22-24-41-37(27-32)36-20-9-10-21-40(36)55-41)54-49(53-47)38-28-33-16-7-8-19-35(33)43-44-42(56-45(38)43)25-23-39-46(44)57-50(51-39)30-14-5-2-6-15-30/h1-28H. The summed E-state index contributed by atoms with van der Waals surface area (Å²) < 4.78 is 19.5. The molecule has 4 heterocycles. The summed E-state index contributed by atoms with van der Waals surface area (Å²) in [6.07, 6.45) is 0. The molecule has 8 aromatic carbocycles. The van der Waals surface area contributed by atoms with Gasteiger partial charge >= 0.3 is 0 Å². The minimum absolute atomic E-state index is 0.504. The normalized spacial score (nSPS) is 11.9. The van der Waals surface area contributed by atoms with Gasteiger partial charge < -0.3 is 13.3 Å². The summed E-state index contributed by atoms with van der Waals surface area (Å²) in [5.41, 5.74) is 10.0. The molecule has 0 aliphatic rings. The van der Waals surface area contributed by atoms with Gasteiger partial charge in [0.1, 0.15) is 27.8 Å². The third-order valence-electron chi connectivity index (χ3n) is 10.7. The first-order valence-corrected chi connectivity index (χ1v) is 18.8. The van der Waals surface area contributed by atoms with Crippen LogP contribution in [-0.2, 0) is 0 Å². The predicted molar refractivity (Wildman–Crippen MR) is 227 cm³/mol. The molecule has 0 amide bonds. The van der Waals surface area contributed by atoms with E-state index >= 15 is 0 Å². The summed E-state index contributed by atoms with van der Waals surface area (Å²) in [4.78, 5) is 20.3. The van der Waals surface area contributed by atoms with Gasteiger partial charge in [0.25, 0.3) is 0 Å². The molecule has 0 atom stereocenters. The molecule has 0 N–H and O–H groups in total. The Kier molecular flexibility index (Phi) is 6.79. The summed E-state index contributed by atoms with van der Waals surface area (Å²) >= 11 is 0. The Labute approximate surface area is 324 Å². The average Bonchev–Trinajstić information content (AvgIpc) is 4.00. The highest BCUT2D eigenvalue weighted by atomic mass is 16.4. The predicted octanol–water partition coefficient (Wildman–Crippen LogP) is 13.3. The molecule has 0 fully saturated rings. The van der Waals surface area contributed by atoms with Crippen molar-refractivity contribution in [2.45, 2.75) is 0 Å². The lowest BCUT2D eigenvalue weighted by molar-refractivity contribution is 0.622. The fourth-order valence-corrected chi connectivity index (χ4v) is 8.04. The van der Waals surface area contributed by atoms with Crippen molar-refractivity contribution in [3.8, 4) is 56.7 Å². The second kappa shape index (κ2) is 12.3. The topological polar surface area (TPSA) is 91.0 Å². The molecule has 266 valence electrons. The number of furan rings is 2. The van der Waals surface area contributed by atoms with Gasteiger partial charge in [0.05, 0.1) is 10.9 Å². The highest BCUT2D eigenvalue weighted by Gasteiger charge is 2.23. The van der Waals surface area contributed by atoms with Gasteiger partial charge in [-0.1, -0.05) is 115 Å². The molecule has 4 aromatic heterocycles. The summed E-state index contributed by atoms with van der Waals surface area (Å²) in [5.74, 6) is 2.18. The van der Waals surface area contributed by atoms with Gasteiger partial charge in [0, 0.05) is 32.8 Å². The fourth-order valence-electron chi connectivity index (χ4n) is 8.04. The maximum atomic E-state index is 6.80. The smallest absolute Gasteiger partial charge is 0.227 e. The van der Waals surface area contributed by atoms with Crippen LogP contribution in [0.5, 0.6) is 0 Å². The van der Waals surface area contributed by atoms with Crippen LogP contribution in [0.15, 0.2) is 183 Å². The first-order valence-electron chi connectivity index (χ1n) is 18.8. The van der Waals surface area contributed by atoms with Crippen LogP contribution in [0, 0.1) is 0 Å². The average molecular weight is 733 g/mol. The number of aromatic nitrogens is 4. The molecule has 12 aromatic rings. The molecule has 57 heavy (non-hydrogen) atoms. The van der Waals surface area contributed by atoms with E-state index in [1.54, 1.807) is 0 Å². The lowest BCUT2D eigenvalue weighted by Gasteiger charge is -2.11. The number of nitrogens with zero attached hydrogens (tertiary/aromatic N) is 4. The zero-order chi connectivity index (χ0) is 37.5. The first kappa shape index (κ1) is 31.5. The maximum absolute atomic E-state index is 6.80. The maximum Gasteiger partial charge on any atom is 0.227 e. The number of para-hydroxylation sites is 1. The quantitative estimate of drug-likeness (QED) is 0.174. The van der Waals surface area contributed by atoms with E-state index in [2.05, 4.69) is 48.5 Å². The number of rotatable bonds is 5. The number of hydrogen-bond acceptors (Lipinski definition) is 7. The summed E-state index contributed by atoms with van der Waals surface area (Å²) in [6, 6.07) is 57.1. The Morgan fingerprint density at radius 3 is 1.84 bits per heavy atom. The molecule has 0 spiro atoms. The second-order valence-corrected chi connectivity index (χ2v) is 14.2. The largest absolute Gasteiger partial charge is 0.456 e. The van der Waals surface area contributed by atoms with Gasteiger partial charge in [-0.25, -0.2) is 19.9 Å². The van der Waals surface area contributed by atoms with Crippen LogP contribution in [0.1, 0.15) is 0 Å². The Balaban J connectivity index is 1.08. The van der Waals surface area contributed by atoms with Crippen LogP contribution < -0.4 is 0 Å². The van der Waals surface area contributed by atoms with E-state index in [0.29, 0.717) is 40.1 Å². The van der Waals surface area contributed by atoms with Crippen LogP contribution in [0.2, 0.25) is 0 Å². The van der Waals surface area contributed by atoms with Crippen molar-refractivity contribution in [2.75, 3.05) is 0 Å². The third-order valence-corrected chi connectivity index (χ3v) is 10.7. The summed E-state index contributed by atoms with van der Waals surface area (Å²) in [7, 11) is 0. The molecule has 0 saturated heterocycles. The molecular formula is C50H28N4O3. The van der Waals surface area contributed by atoms with Crippen molar-refractivity contribution in [1.29, 1.82) is 0 Å². The highest BCUT2D eigenvalue weighted by Crippen LogP contribution is 2.44. The molecule has 0 unspecified atom stereocenters. The van der Waals surface area contributed by atoms with E-state index in [1.165, 1.54) is 0 Å². The van der Waals surface area contributed by atoms with Gasteiger partial charge in [-0.2, -0.15) is 0 Å². The van der Waals surface area contributed by atoms with Gasteiger partial charge in [0.15, 0.2) is 23.1 Å². The van der Waals surface area contributed by atoms with Crippen LogP contribution in [0.25, 0.3) is 122 Å². The molecular weight excluding hydrogens is 705 g/mol. The van der Waals surface area contributed by atoms with E-state index < -0.39 is 0 Å². The lowest BCUT2D eigenvalue weighted by Crippen LogP contribution is -2.00. The number of oxazole rings is 1. The van der Waals surface area contributed by atoms with Crippen molar-refractivity contribution >= 4 is 65.7 Å². The van der Waals surface area contributed by atoms with Crippen molar-refractivity contribution in [1.82, 2.24) is 19.9 Å². The third kappa shape index (κ3) is 5.06. The molecule has 12 rings (SSSR count). The van der Waals surface area contributed by atoms with E-state index in [0.717, 1.165) is 82.4 Å². The van der Waals surface area contributed by atoms with Crippen LogP contribution in [0.4, 0.5) is 0 Å². The zero-order valence-corrected chi connectivity index (χ0v) is 30.2. The van der Waals surface area contributed by atoms with Gasteiger partial charge in [-0.3, -0.25) is 0 Å². The monoisotopic (exact) mass is 732 g/mol. The highest BCUT2D eigenvalue weighted by molar-refractivity contribution is 6.27. The van der Waals surface area contributed by atoms with E-state index in [1.807, 2.05) is 121 Å². The number of fused-ring (bicyclic) bond motifs is 10. The van der Waals surface area contributed by atoms with Gasteiger partial charge in [-0.15, -0.1) is 0 Å². The molecule has 0 aliphatic heterocycles. The number of benzene rings is 8. The van der Waals surface area contributed by atoms with Crippen molar-refractivity contribution in [2.24, 2.45) is 0 Å². The summed E-state index contributed by atoms with van der Waals surface area (Å²) in [5, 5.41) is 6.01. The fraction of sp³-hybridized carbons (Fsp3) is 0. The van der Waals surface area contributed by atoms with Crippen LogP contribution in [0.3, 0.4) is 0 Å². The van der Waals surface area contributed by atoms with Gasteiger partial charge in [-0.05, 0) is 76.5 Å². The molecule has 7 nitrogen and oxygen atoms in total. The second-order valence-electron chi connectivity index (χ2n) is 14.2. The molecule has 0 bridgehead atoms. The Morgan fingerprint density at radius 2 is 0.982 bits per heavy atom. The first-order chi connectivity index (χ1) is 28.2. The Hall–Kier alpha value is -7.90. The minimum Gasteiger partial charge on any atom is -0.456 e. The van der Waals surface area contributed by atoms with Crippen molar-refractivity contribution in [3.05, 3.63) is 170 Å². The summed E-state index contributed by atoms with van der Waals surface area (Å²) in [6.45, 7) is 0. The van der Waals surface area contributed by atoms with Gasteiger partial charge in [0.2, 0.25) is 5.89 Å². The molecule has 0 aliphatic carbocycles. The molecule has 0 radical (unpaired) electrons. The van der Waals surface area contributed by atoms with Crippen LogP contribution in [-0.4, -0.2) is 19.9 Å². The van der Waals surface area contributed by atoms with Crippen molar-refractivity contribution < 1.29 is 13.3 Å². The van der Waals surface area contributed by atoms with Crippen LogP contribution >= 0.6 is 0 Å². The van der Waals surface area contributed by atoms with Crippen molar-refractivity contribution in [3.63, 3.8) is 0 Å². The Morgan fingerprint density at radius 1 is 0.333 bits per heavy atom. The van der Waals surface area contributed by atoms with E-state index in [-0.39, 0.29) is 0 Å². The van der Waals surface area contributed by atoms with E-state index in [4.69, 9.17) is 33.2 Å². The zero-order valence-electron chi connectivity index (χ0n) is 30.2. The SMILES string of the molecule is c1ccc(-c2nc(-c3cccc(-c4ccc5oc6ccccc6c5c4)c3)nc(-c3cc4ccccc4c4c3oc3ccc5nc(-c6ccccc6)oc5c34)n2)cc1. The molecule has 7 heteroatoms. The Bertz CT molecular complexity index is 3530. The minimum atomic E-state index is 0.504. The van der Waals surface area contributed by atoms with E-state index in [9.17, 15) is 0 Å². The molecule has 0 saturated carbocycles. The lowest BCUT2D eigenvalue weighted by atomic mass is 9.99. The number of hydrogen-bond donors (Lipinski definition) is 0.